The van der Waals surface area contributed by atoms with Gasteiger partial charge in [-0.25, -0.2) is 0 Å². The van der Waals surface area contributed by atoms with Crippen molar-refractivity contribution in [3.8, 4) is 11.5 Å². The van der Waals surface area contributed by atoms with Gasteiger partial charge in [0.2, 0.25) is 5.91 Å². The summed E-state index contributed by atoms with van der Waals surface area (Å²) in [6, 6.07) is 13.0. The number of amides is 1. The molecule has 0 fully saturated rings. The van der Waals surface area contributed by atoms with Gasteiger partial charge in [0.05, 0.1) is 19.3 Å². The summed E-state index contributed by atoms with van der Waals surface area (Å²) in [5.74, 6) is 1.58. The van der Waals surface area contributed by atoms with Gasteiger partial charge in [-0.15, -0.1) is 0 Å². The highest BCUT2D eigenvalue weighted by Crippen LogP contribution is 2.39. The van der Waals surface area contributed by atoms with Gasteiger partial charge in [-0.05, 0) is 36.2 Å². The highest BCUT2D eigenvalue weighted by Gasteiger charge is 2.32. The summed E-state index contributed by atoms with van der Waals surface area (Å²) in [5.41, 5.74) is 1.84. The van der Waals surface area contributed by atoms with Crippen molar-refractivity contribution in [2.24, 2.45) is 7.05 Å². The minimum atomic E-state index is -0.438. The van der Waals surface area contributed by atoms with E-state index < -0.39 is 5.92 Å². The number of rotatable bonds is 7. The van der Waals surface area contributed by atoms with Crippen molar-refractivity contribution < 1.29 is 14.3 Å². The van der Waals surface area contributed by atoms with E-state index in [-0.39, 0.29) is 17.9 Å². The molecule has 4 rings (SSSR count). The smallest absolute Gasteiger partial charge is 0.279 e. The van der Waals surface area contributed by atoms with Gasteiger partial charge < -0.3 is 19.4 Å². The summed E-state index contributed by atoms with van der Waals surface area (Å²) in [6.45, 7) is 2.40. The summed E-state index contributed by atoms with van der Waals surface area (Å²) in [7, 11) is 3.36. The third kappa shape index (κ3) is 4.72. The SMILES string of the molecule is CCOc1ccc([C@H]2CC(=O)Nc3c2c(=O)nc(SCc2ccccc2Cl)n3C)cc1OC. The standard InChI is InChI=1S/C24H24ClN3O4S/c1-4-32-18-10-9-14(11-19(18)31-3)16-12-20(29)26-22-21(16)23(30)27-24(28(22)2)33-13-15-7-5-6-8-17(15)25/h5-11,16H,4,12-13H2,1-3H3,(H,26,29)/t16-/m1/s1. The molecule has 0 bridgehead atoms. The largest absolute Gasteiger partial charge is 0.493 e. The highest BCUT2D eigenvalue weighted by molar-refractivity contribution is 7.98. The maximum Gasteiger partial charge on any atom is 0.279 e. The summed E-state index contributed by atoms with van der Waals surface area (Å²) in [6.07, 6.45) is 0.146. The van der Waals surface area contributed by atoms with E-state index in [1.165, 1.54) is 11.8 Å². The lowest BCUT2D eigenvalue weighted by Gasteiger charge is -2.28. The molecular weight excluding hydrogens is 462 g/mol. The van der Waals surface area contributed by atoms with Crippen molar-refractivity contribution in [3.05, 3.63) is 74.5 Å². The topological polar surface area (TPSA) is 82.5 Å². The lowest BCUT2D eigenvalue weighted by atomic mass is 9.86. The zero-order valence-corrected chi connectivity index (χ0v) is 20.1. The Labute approximate surface area is 201 Å². The van der Waals surface area contributed by atoms with Crippen LogP contribution in [-0.4, -0.2) is 29.2 Å². The Bertz CT molecular complexity index is 1260. The first-order valence-electron chi connectivity index (χ1n) is 10.5. The maximum atomic E-state index is 13.2. The van der Waals surface area contributed by atoms with Gasteiger partial charge in [-0.1, -0.05) is 47.6 Å². The molecule has 1 aliphatic heterocycles. The van der Waals surface area contributed by atoms with Crippen LogP contribution in [0.5, 0.6) is 11.5 Å². The molecule has 7 nitrogen and oxygen atoms in total. The van der Waals surface area contributed by atoms with E-state index in [1.54, 1.807) is 24.8 Å². The molecule has 1 N–H and O–H groups in total. The molecule has 2 aromatic carbocycles. The fraction of sp³-hybridized carbons (Fsp3) is 0.292. The average Bonchev–Trinajstić information content (AvgIpc) is 2.81. The van der Waals surface area contributed by atoms with Gasteiger partial charge in [-0.2, -0.15) is 4.98 Å². The molecule has 33 heavy (non-hydrogen) atoms. The van der Waals surface area contributed by atoms with Crippen LogP contribution in [0.15, 0.2) is 52.4 Å². The predicted molar refractivity (Wildman–Crippen MR) is 130 cm³/mol. The van der Waals surface area contributed by atoms with Crippen LogP contribution in [0.1, 0.15) is 36.0 Å². The number of aromatic nitrogens is 2. The van der Waals surface area contributed by atoms with Crippen LogP contribution >= 0.6 is 23.4 Å². The quantitative estimate of drug-likeness (QED) is 0.389. The molecule has 1 aliphatic rings. The van der Waals surface area contributed by atoms with E-state index in [4.69, 9.17) is 21.1 Å². The number of fused-ring (bicyclic) bond motifs is 1. The fourth-order valence-electron chi connectivity index (χ4n) is 3.88. The predicted octanol–water partition coefficient (Wildman–Crippen LogP) is 4.61. The van der Waals surface area contributed by atoms with Crippen molar-refractivity contribution in [2.75, 3.05) is 19.0 Å². The number of anilines is 1. The van der Waals surface area contributed by atoms with Crippen LogP contribution in [0.25, 0.3) is 0 Å². The fourth-order valence-corrected chi connectivity index (χ4v) is 5.13. The first-order valence-corrected chi connectivity index (χ1v) is 11.9. The van der Waals surface area contributed by atoms with Crippen LogP contribution < -0.4 is 20.3 Å². The molecule has 0 unspecified atom stereocenters. The molecular formula is C24H24ClN3O4S. The van der Waals surface area contributed by atoms with Crippen molar-refractivity contribution in [2.45, 2.75) is 30.2 Å². The van der Waals surface area contributed by atoms with Crippen LogP contribution in [0.4, 0.5) is 5.82 Å². The van der Waals surface area contributed by atoms with Crippen molar-refractivity contribution in [1.82, 2.24) is 9.55 Å². The van der Waals surface area contributed by atoms with Crippen molar-refractivity contribution >= 4 is 35.1 Å². The Hall–Kier alpha value is -2.97. The van der Waals surface area contributed by atoms with Gasteiger partial charge in [0, 0.05) is 30.2 Å². The molecule has 0 saturated heterocycles. The lowest BCUT2D eigenvalue weighted by Crippen LogP contribution is -2.33. The summed E-state index contributed by atoms with van der Waals surface area (Å²) >= 11 is 7.65. The van der Waals surface area contributed by atoms with Crippen LogP contribution in [0.3, 0.4) is 0 Å². The minimum Gasteiger partial charge on any atom is -0.493 e. The molecule has 1 aromatic heterocycles. The van der Waals surface area contributed by atoms with Gasteiger partial charge in [-0.3, -0.25) is 9.59 Å². The first kappa shape index (κ1) is 23.2. The normalized spacial score (nSPS) is 15.0. The number of methoxy groups -OCH3 is 1. The molecule has 172 valence electrons. The Morgan fingerprint density at radius 1 is 1.21 bits per heavy atom. The number of ether oxygens (including phenoxy) is 2. The maximum absolute atomic E-state index is 13.2. The van der Waals surface area contributed by atoms with Gasteiger partial charge >= 0.3 is 0 Å². The van der Waals surface area contributed by atoms with Gasteiger partial charge in [0.1, 0.15) is 5.82 Å². The van der Waals surface area contributed by atoms with E-state index in [9.17, 15) is 9.59 Å². The van der Waals surface area contributed by atoms with Crippen molar-refractivity contribution in [1.29, 1.82) is 0 Å². The highest BCUT2D eigenvalue weighted by atomic mass is 35.5. The Morgan fingerprint density at radius 2 is 2.00 bits per heavy atom. The second-order valence-electron chi connectivity index (χ2n) is 7.55. The summed E-state index contributed by atoms with van der Waals surface area (Å²) in [4.78, 5) is 30.1. The molecule has 1 amide bonds. The van der Waals surface area contributed by atoms with E-state index in [0.717, 1.165) is 11.1 Å². The third-order valence-corrected chi connectivity index (χ3v) is 6.95. The average molecular weight is 486 g/mol. The zero-order valence-electron chi connectivity index (χ0n) is 18.6. The van der Waals surface area contributed by atoms with Gasteiger partial charge in [0.15, 0.2) is 16.7 Å². The van der Waals surface area contributed by atoms with E-state index in [1.807, 2.05) is 43.3 Å². The third-order valence-electron chi connectivity index (χ3n) is 5.51. The number of hydrogen-bond acceptors (Lipinski definition) is 6. The second kappa shape index (κ2) is 9.89. The number of carbonyl (C=O) groups is 1. The summed E-state index contributed by atoms with van der Waals surface area (Å²) in [5, 5.41) is 4.03. The van der Waals surface area contributed by atoms with Crippen LogP contribution in [0.2, 0.25) is 5.02 Å². The Morgan fingerprint density at radius 3 is 2.73 bits per heavy atom. The molecule has 0 spiro atoms. The van der Waals surface area contributed by atoms with E-state index in [0.29, 0.717) is 45.4 Å². The zero-order chi connectivity index (χ0) is 23.5. The number of carbonyl (C=O) groups excluding carboxylic acids is 1. The van der Waals surface area contributed by atoms with Crippen molar-refractivity contribution in [3.63, 3.8) is 0 Å². The second-order valence-corrected chi connectivity index (χ2v) is 8.90. The molecule has 3 aromatic rings. The summed E-state index contributed by atoms with van der Waals surface area (Å²) < 4.78 is 12.8. The Balaban J connectivity index is 1.72. The number of benzene rings is 2. The Kier molecular flexibility index (Phi) is 6.95. The molecule has 1 atom stereocenters. The number of nitrogens with zero attached hydrogens (tertiary/aromatic N) is 2. The number of hydrogen-bond donors (Lipinski definition) is 1. The minimum absolute atomic E-state index is 0.146. The molecule has 0 aliphatic carbocycles. The molecule has 9 heteroatoms. The van der Waals surface area contributed by atoms with E-state index >= 15 is 0 Å². The molecule has 0 saturated carbocycles. The first-order chi connectivity index (χ1) is 15.9. The van der Waals surface area contributed by atoms with Gasteiger partial charge in [0.25, 0.3) is 5.56 Å². The lowest BCUT2D eigenvalue weighted by molar-refractivity contribution is -0.116. The molecule has 0 radical (unpaired) electrons. The van der Waals surface area contributed by atoms with Crippen LogP contribution in [-0.2, 0) is 17.6 Å². The number of thioether (sulfide) groups is 1. The monoisotopic (exact) mass is 485 g/mol. The number of halogens is 1. The van der Waals surface area contributed by atoms with E-state index in [2.05, 4.69) is 10.3 Å². The van der Waals surface area contributed by atoms with Crippen LogP contribution in [0, 0.1) is 0 Å². The number of nitrogens with one attached hydrogen (secondary N) is 1. The molecule has 2 heterocycles.